The molecule has 4 rings (SSSR count). The number of piperidine rings is 1. The molecule has 0 N–H and O–H groups in total. The molecule has 0 radical (unpaired) electrons. The molecule has 2 aromatic rings. The third-order valence-electron chi connectivity index (χ3n) is 6.39. The quantitative estimate of drug-likeness (QED) is 0.183. The van der Waals surface area contributed by atoms with Gasteiger partial charge in [-0.3, -0.25) is 14.5 Å². The third-order valence-corrected chi connectivity index (χ3v) is 8.30. The molecule has 2 fully saturated rings. The number of likely N-dealkylation sites (tertiary alicyclic amines) is 1. The van der Waals surface area contributed by atoms with E-state index in [1.807, 2.05) is 17.9 Å². The van der Waals surface area contributed by atoms with Gasteiger partial charge in [0, 0.05) is 13.1 Å². The SMILES string of the molecule is CCOC(=O)C(c1ccccc1)N1C(=O)/C(=C\c2cc(Br)c(OCC(=O)N3CCCCC3)c(OCC)c2)SC1=S. The van der Waals surface area contributed by atoms with E-state index < -0.39 is 17.9 Å². The van der Waals surface area contributed by atoms with Crippen LogP contribution in [-0.4, -0.2) is 64.8 Å². The zero-order valence-corrected chi connectivity index (χ0v) is 25.6. The number of benzene rings is 2. The van der Waals surface area contributed by atoms with Crippen molar-refractivity contribution in [2.24, 2.45) is 0 Å². The molecular formula is C29H31BrN2O6S2. The van der Waals surface area contributed by atoms with Gasteiger partial charge < -0.3 is 19.1 Å². The maximum atomic E-state index is 13.6. The van der Waals surface area contributed by atoms with Crippen molar-refractivity contribution in [1.29, 1.82) is 0 Å². The standard InChI is InChI=1S/C29H31BrN2O6S2/c1-3-36-22-16-19(15-21(30)26(22)38-18-24(33)31-13-9-6-10-14-31)17-23-27(34)32(29(39)40-23)25(28(35)37-4-2)20-11-7-5-8-12-20/h5,7-8,11-12,15-17,25H,3-4,6,9-10,13-14,18H2,1-2H3/b23-17+. The first kappa shape index (κ1) is 30.1. The van der Waals surface area contributed by atoms with Gasteiger partial charge in [0.15, 0.2) is 24.1 Å². The summed E-state index contributed by atoms with van der Waals surface area (Å²) in [5.74, 6) is -0.134. The monoisotopic (exact) mass is 646 g/mol. The van der Waals surface area contributed by atoms with E-state index in [1.54, 1.807) is 49.4 Å². The highest BCUT2D eigenvalue weighted by Gasteiger charge is 2.42. The summed E-state index contributed by atoms with van der Waals surface area (Å²) in [7, 11) is 0. The predicted octanol–water partition coefficient (Wildman–Crippen LogP) is 5.74. The smallest absolute Gasteiger partial charge is 0.333 e. The molecule has 2 aliphatic rings. The summed E-state index contributed by atoms with van der Waals surface area (Å²) in [5.41, 5.74) is 1.28. The summed E-state index contributed by atoms with van der Waals surface area (Å²) in [6, 6.07) is 11.5. The Morgan fingerprint density at radius 3 is 2.48 bits per heavy atom. The molecule has 0 saturated carbocycles. The van der Waals surface area contributed by atoms with Gasteiger partial charge >= 0.3 is 5.97 Å². The number of hydrogen-bond donors (Lipinski definition) is 0. The van der Waals surface area contributed by atoms with E-state index in [1.165, 1.54) is 4.90 Å². The highest BCUT2D eigenvalue weighted by molar-refractivity contribution is 9.10. The number of rotatable bonds is 10. The fourth-order valence-electron chi connectivity index (χ4n) is 4.54. The molecule has 1 atom stereocenters. The van der Waals surface area contributed by atoms with Gasteiger partial charge in [0.05, 0.1) is 22.6 Å². The number of esters is 1. The molecule has 1 unspecified atom stereocenters. The van der Waals surface area contributed by atoms with Crippen LogP contribution in [0.3, 0.4) is 0 Å². The van der Waals surface area contributed by atoms with E-state index >= 15 is 0 Å². The highest BCUT2D eigenvalue weighted by Crippen LogP contribution is 2.41. The molecule has 0 aliphatic carbocycles. The second kappa shape index (κ2) is 14.1. The number of amides is 2. The fraction of sp³-hybridized carbons (Fsp3) is 0.379. The van der Waals surface area contributed by atoms with Crippen LogP contribution in [0.4, 0.5) is 0 Å². The summed E-state index contributed by atoms with van der Waals surface area (Å²) < 4.78 is 17.9. The minimum absolute atomic E-state index is 0.0589. The van der Waals surface area contributed by atoms with Crippen LogP contribution in [-0.2, 0) is 19.1 Å². The van der Waals surface area contributed by atoms with Crippen molar-refractivity contribution in [2.75, 3.05) is 32.9 Å². The normalized spacial score (nSPS) is 17.2. The van der Waals surface area contributed by atoms with Crippen molar-refractivity contribution >= 4 is 68.1 Å². The summed E-state index contributed by atoms with van der Waals surface area (Å²) in [5, 5.41) is 0. The Hall–Kier alpha value is -2.89. The van der Waals surface area contributed by atoms with E-state index in [-0.39, 0.29) is 23.4 Å². The van der Waals surface area contributed by atoms with Gasteiger partial charge in [0.25, 0.3) is 11.8 Å². The zero-order chi connectivity index (χ0) is 28.6. The Kier molecular flexibility index (Phi) is 10.6. The number of halogens is 1. The summed E-state index contributed by atoms with van der Waals surface area (Å²) in [4.78, 5) is 42.6. The molecule has 0 bridgehead atoms. The number of hydrogen-bond acceptors (Lipinski definition) is 8. The van der Waals surface area contributed by atoms with E-state index in [4.69, 9.17) is 26.4 Å². The molecule has 0 spiro atoms. The lowest BCUT2D eigenvalue weighted by atomic mass is 10.1. The summed E-state index contributed by atoms with van der Waals surface area (Å²) in [6.07, 6.45) is 4.85. The van der Waals surface area contributed by atoms with Gasteiger partial charge in [-0.25, -0.2) is 4.79 Å². The average molecular weight is 648 g/mol. The molecule has 11 heteroatoms. The van der Waals surface area contributed by atoms with E-state index in [2.05, 4.69) is 15.9 Å². The van der Waals surface area contributed by atoms with Gasteiger partial charge in [-0.15, -0.1) is 0 Å². The Balaban J connectivity index is 1.58. The minimum atomic E-state index is -0.988. The fourth-order valence-corrected chi connectivity index (χ4v) is 6.43. The largest absolute Gasteiger partial charge is 0.490 e. The molecule has 2 aliphatic heterocycles. The lowest BCUT2D eigenvalue weighted by molar-refractivity contribution is -0.151. The van der Waals surface area contributed by atoms with Crippen LogP contribution >= 0.6 is 39.9 Å². The molecule has 40 heavy (non-hydrogen) atoms. The molecule has 0 aromatic heterocycles. The van der Waals surface area contributed by atoms with Crippen LogP contribution in [0.2, 0.25) is 0 Å². The molecule has 2 amide bonds. The summed E-state index contributed by atoms with van der Waals surface area (Å²) in [6.45, 7) is 5.54. The maximum Gasteiger partial charge on any atom is 0.333 e. The van der Waals surface area contributed by atoms with Crippen LogP contribution in [0.15, 0.2) is 51.8 Å². The third kappa shape index (κ3) is 7.05. The second-order valence-electron chi connectivity index (χ2n) is 9.11. The van der Waals surface area contributed by atoms with Crippen molar-refractivity contribution in [2.45, 2.75) is 39.2 Å². The zero-order valence-electron chi connectivity index (χ0n) is 22.4. The number of carbonyl (C=O) groups excluding carboxylic acids is 3. The number of nitrogens with zero attached hydrogens (tertiary/aromatic N) is 2. The lowest BCUT2D eigenvalue weighted by Gasteiger charge is -2.26. The number of thioether (sulfide) groups is 1. The first-order valence-corrected chi connectivity index (χ1v) is 15.2. The number of carbonyl (C=O) groups is 3. The van der Waals surface area contributed by atoms with E-state index in [0.717, 1.165) is 44.1 Å². The van der Waals surface area contributed by atoms with Gasteiger partial charge in [0.2, 0.25) is 0 Å². The molecule has 2 heterocycles. The van der Waals surface area contributed by atoms with E-state index in [9.17, 15) is 14.4 Å². The Morgan fingerprint density at radius 1 is 1.07 bits per heavy atom. The first-order valence-electron chi connectivity index (χ1n) is 13.2. The van der Waals surface area contributed by atoms with Crippen LogP contribution in [0.1, 0.15) is 50.3 Å². The predicted molar refractivity (Wildman–Crippen MR) is 162 cm³/mol. The first-order chi connectivity index (χ1) is 19.3. The van der Waals surface area contributed by atoms with Crippen molar-refractivity contribution in [1.82, 2.24) is 9.80 Å². The van der Waals surface area contributed by atoms with Crippen molar-refractivity contribution < 1.29 is 28.6 Å². The number of ether oxygens (including phenoxy) is 3. The second-order valence-corrected chi connectivity index (χ2v) is 11.6. The average Bonchev–Trinajstić information content (AvgIpc) is 3.22. The van der Waals surface area contributed by atoms with Crippen LogP contribution in [0.25, 0.3) is 6.08 Å². The van der Waals surface area contributed by atoms with Crippen molar-refractivity contribution in [3.05, 3.63) is 63.0 Å². The maximum absolute atomic E-state index is 13.6. The van der Waals surface area contributed by atoms with Gasteiger partial charge in [-0.2, -0.15) is 0 Å². The van der Waals surface area contributed by atoms with Crippen molar-refractivity contribution in [3.8, 4) is 11.5 Å². The molecule has 2 aromatic carbocycles. The van der Waals surface area contributed by atoms with Crippen LogP contribution in [0.5, 0.6) is 11.5 Å². The Labute approximate surface area is 252 Å². The van der Waals surface area contributed by atoms with Gasteiger partial charge in [-0.1, -0.05) is 54.3 Å². The topological polar surface area (TPSA) is 85.4 Å². The molecule has 8 nitrogen and oxygen atoms in total. The van der Waals surface area contributed by atoms with E-state index in [0.29, 0.717) is 38.6 Å². The lowest BCUT2D eigenvalue weighted by Crippen LogP contribution is -2.38. The molecular weight excluding hydrogens is 616 g/mol. The van der Waals surface area contributed by atoms with Crippen LogP contribution in [0, 0.1) is 0 Å². The Bertz CT molecular complexity index is 1300. The summed E-state index contributed by atoms with van der Waals surface area (Å²) >= 11 is 10.2. The molecule has 212 valence electrons. The Morgan fingerprint density at radius 2 is 1.80 bits per heavy atom. The van der Waals surface area contributed by atoms with Crippen LogP contribution < -0.4 is 9.47 Å². The van der Waals surface area contributed by atoms with Crippen molar-refractivity contribution in [3.63, 3.8) is 0 Å². The highest BCUT2D eigenvalue weighted by atomic mass is 79.9. The minimum Gasteiger partial charge on any atom is -0.490 e. The van der Waals surface area contributed by atoms with Gasteiger partial charge in [0.1, 0.15) is 4.32 Å². The van der Waals surface area contributed by atoms with Gasteiger partial charge in [-0.05, 0) is 78.4 Å². The number of thiocarbonyl (C=S) groups is 1. The molecule has 2 saturated heterocycles.